The summed E-state index contributed by atoms with van der Waals surface area (Å²) in [4.78, 5) is 8.19. The number of aliphatic imine (C=N–C) groups is 2. The summed E-state index contributed by atoms with van der Waals surface area (Å²) in [5.41, 5.74) is 0. The minimum atomic E-state index is 0.0892. The zero-order chi connectivity index (χ0) is 11.7. The fourth-order valence-corrected chi connectivity index (χ4v) is 0.899. The second-order valence-electron chi connectivity index (χ2n) is 3.35. The van der Waals surface area contributed by atoms with Gasteiger partial charge in [0.2, 0.25) is 0 Å². The highest BCUT2D eigenvalue weighted by Crippen LogP contribution is 1.92. The number of ether oxygens (including phenoxy) is 1. The first-order valence-electron chi connectivity index (χ1n) is 5.19. The first-order valence-corrected chi connectivity index (χ1v) is 5.19. The van der Waals surface area contributed by atoms with E-state index >= 15 is 0 Å². The van der Waals surface area contributed by atoms with E-state index in [0.29, 0.717) is 11.7 Å². The molecule has 0 saturated heterocycles. The van der Waals surface area contributed by atoms with Crippen LogP contribution in [0.2, 0.25) is 0 Å². The third kappa shape index (κ3) is 9.15. The number of hydrogen-bond donors (Lipinski definition) is 1. The van der Waals surface area contributed by atoms with Crippen molar-refractivity contribution in [2.75, 3.05) is 6.54 Å². The standard InChI is InChI=1S/C11H21N3O/c1-6-7-12-10(4)13-8-14-11(5)15-9(2)3/h8,10,12H,2,6-7H2,1,3-5H3. The Kier molecular flexibility index (Phi) is 7.54. The van der Waals surface area contributed by atoms with Gasteiger partial charge in [0.05, 0.1) is 11.9 Å². The Labute approximate surface area is 92.2 Å². The predicted molar refractivity (Wildman–Crippen MR) is 65.3 cm³/mol. The van der Waals surface area contributed by atoms with E-state index < -0.39 is 0 Å². The first-order chi connectivity index (χ1) is 7.06. The number of allylic oxidation sites excluding steroid dienone is 1. The van der Waals surface area contributed by atoms with Crippen molar-refractivity contribution < 1.29 is 4.74 Å². The minimum Gasteiger partial charge on any atom is -0.449 e. The van der Waals surface area contributed by atoms with Gasteiger partial charge in [0.1, 0.15) is 6.34 Å². The summed E-state index contributed by atoms with van der Waals surface area (Å²) in [5, 5.41) is 3.22. The van der Waals surface area contributed by atoms with Crippen LogP contribution in [-0.4, -0.2) is 24.9 Å². The van der Waals surface area contributed by atoms with E-state index in [1.54, 1.807) is 13.8 Å². The number of hydrogen-bond acceptors (Lipinski definition) is 3. The molecule has 0 aliphatic heterocycles. The maximum Gasteiger partial charge on any atom is 0.192 e. The molecule has 0 spiro atoms. The van der Waals surface area contributed by atoms with Crippen LogP contribution in [0, 0.1) is 0 Å². The van der Waals surface area contributed by atoms with Crippen molar-refractivity contribution in [3.8, 4) is 0 Å². The molecule has 4 heteroatoms. The predicted octanol–water partition coefficient (Wildman–Crippen LogP) is 2.33. The van der Waals surface area contributed by atoms with Gasteiger partial charge in [0, 0.05) is 6.92 Å². The van der Waals surface area contributed by atoms with Gasteiger partial charge in [-0.25, -0.2) is 4.99 Å². The van der Waals surface area contributed by atoms with Crippen LogP contribution in [0.3, 0.4) is 0 Å². The van der Waals surface area contributed by atoms with E-state index in [4.69, 9.17) is 4.74 Å². The van der Waals surface area contributed by atoms with E-state index in [1.807, 2.05) is 6.92 Å². The summed E-state index contributed by atoms with van der Waals surface area (Å²) < 4.78 is 5.16. The molecule has 0 amide bonds. The van der Waals surface area contributed by atoms with Crippen molar-refractivity contribution >= 4 is 12.2 Å². The molecule has 0 rings (SSSR count). The van der Waals surface area contributed by atoms with Crippen molar-refractivity contribution in [3.05, 3.63) is 12.3 Å². The molecule has 0 aromatic rings. The van der Waals surface area contributed by atoms with E-state index in [-0.39, 0.29) is 6.17 Å². The summed E-state index contributed by atoms with van der Waals surface area (Å²) in [6, 6.07) is 0. The summed E-state index contributed by atoms with van der Waals surface area (Å²) in [6.45, 7) is 12.2. The van der Waals surface area contributed by atoms with Gasteiger partial charge in [-0.15, -0.1) is 0 Å². The van der Waals surface area contributed by atoms with Crippen LogP contribution in [0.5, 0.6) is 0 Å². The van der Waals surface area contributed by atoms with E-state index in [2.05, 4.69) is 28.8 Å². The quantitative estimate of drug-likeness (QED) is 0.416. The van der Waals surface area contributed by atoms with Crippen LogP contribution in [0.15, 0.2) is 22.3 Å². The third-order valence-electron chi connectivity index (χ3n) is 1.54. The van der Waals surface area contributed by atoms with Gasteiger partial charge in [-0.2, -0.15) is 0 Å². The molecule has 1 N–H and O–H groups in total. The molecule has 0 fully saturated rings. The van der Waals surface area contributed by atoms with Gasteiger partial charge in [0.15, 0.2) is 5.90 Å². The Balaban J connectivity index is 3.89. The van der Waals surface area contributed by atoms with Crippen molar-refractivity contribution in [1.29, 1.82) is 0 Å². The molecule has 0 bridgehead atoms. The smallest absolute Gasteiger partial charge is 0.192 e. The fraction of sp³-hybridized carbons (Fsp3) is 0.636. The Morgan fingerprint density at radius 2 is 2.20 bits per heavy atom. The molecule has 0 aliphatic carbocycles. The molecule has 0 heterocycles. The van der Waals surface area contributed by atoms with Crippen LogP contribution >= 0.6 is 0 Å². The molecule has 0 aromatic carbocycles. The summed E-state index contributed by atoms with van der Waals surface area (Å²) >= 11 is 0. The lowest BCUT2D eigenvalue weighted by molar-refractivity contribution is 0.417. The van der Waals surface area contributed by atoms with Gasteiger partial charge in [-0.05, 0) is 26.8 Å². The summed E-state index contributed by atoms with van der Waals surface area (Å²) in [6.07, 6.45) is 2.69. The maximum atomic E-state index is 5.16. The molecule has 0 radical (unpaired) electrons. The first kappa shape index (κ1) is 13.8. The monoisotopic (exact) mass is 211 g/mol. The van der Waals surface area contributed by atoms with Gasteiger partial charge >= 0.3 is 0 Å². The van der Waals surface area contributed by atoms with E-state index in [9.17, 15) is 0 Å². The Hall–Kier alpha value is -1.16. The molecule has 0 aliphatic rings. The summed E-state index contributed by atoms with van der Waals surface area (Å²) in [7, 11) is 0. The molecule has 15 heavy (non-hydrogen) atoms. The van der Waals surface area contributed by atoms with Crippen LogP contribution in [-0.2, 0) is 4.74 Å². The van der Waals surface area contributed by atoms with Gasteiger partial charge in [0.25, 0.3) is 0 Å². The number of nitrogens with zero attached hydrogens (tertiary/aromatic N) is 2. The average molecular weight is 211 g/mol. The molecule has 1 unspecified atom stereocenters. The molecular weight excluding hydrogens is 190 g/mol. The molecular formula is C11H21N3O. The third-order valence-corrected chi connectivity index (χ3v) is 1.54. The minimum absolute atomic E-state index is 0.0892. The largest absolute Gasteiger partial charge is 0.449 e. The SMILES string of the molecule is C=C(C)OC(C)=NC=NC(C)NCCC. The lowest BCUT2D eigenvalue weighted by atomic mass is 10.4. The second-order valence-corrected chi connectivity index (χ2v) is 3.35. The van der Waals surface area contributed by atoms with Crippen molar-refractivity contribution in [3.63, 3.8) is 0 Å². The topological polar surface area (TPSA) is 46.0 Å². The number of nitrogens with one attached hydrogen (secondary N) is 1. The van der Waals surface area contributed by atoms with Crippen LogP contribution in [0.4, 0.5) is 0 Å². The maximum absolute atomic E-state index is 5.16. The second kappa shape index (κ2) is 8.17. The molecule has 4 nitrogen and oxygen atoms in total. The van der Waals surface area contributed by atoms with Crippen molar-refractivity contribution in [1.82, 2.24) is 5.32 Å². The van der Waals surface area contributed by atoms with Gasteiger partial charge < -0.3 is 4.74 Å². The molecule has 0 saturated carbocycles. The average Bonchev–Trinajstić information content (AvgIpc) is 2.13. The fourth-order valence-electron chi connectivity index (χ4n) is 0.899. The Bertz CT molecular complexity index is 246. The van der Waals surface area contributed by atoms with Crippen molar-refractivity contribution in [2.24, 2.45) is 9.98 Å². The zero-order valence-electron chi connectivity index (χ0n) is 10.1. The highest BCUT2D eigenvalue weighted by Gasteiger charge is 1.93. The van der Waals surface area contributed by atoms with E-state index in [1.165, 1.54) is 6.34 Å². The van der Waals surface area contributed by atoms with Gasteiger partial charge in [-0.3, -0.25) is 10.3 Å². The number of rotatable bonds is 6. The molecule has 86 valence electrons. The highest BCUT2D eigenvalue weighted by molar-refractivity contribution is 5.82. The Morgan fingerprint density at radius 1 is 1.53 bits per heavy atom. The zero-order valence-corrected chi connectivity index (χ0v) is 10.1. The highest BCUT2D eigenvalue weighted by atomic mass is 16.5. The normalized spacial score (nSPS) is 14.3. The molecule has 0 aromatic heterocycles. The molecule has 1 atom stereocenters. The van der Waals surface area contributed by atoms with Crippen LogP contribution in [0.1, 0.15) is 34.1 Å². The van der Waals surface area contributed by atoms with Crippen molar-refractivity contribution in [2.45, 2.75) is 40.3 Å². The Morgan fingerprint density at radius 3 is 2.73 bits per heavy atom. The van der Waals surface area contributed by atoms with Crippen LogP contribution in [0.25, 0.3) is 0 Å². The lowest BCUT2D eigenvalue weighted by Crippen LogP contribution is -2.24. The lowest BCUT2D eigenvalue weighted by Gasteiger charge is -2.06. The van der Waals surface area contributed by atoms with Crippen LogP contribution < -0.4 is 5.32 Å². The van der Waals surface area contributed by atoms with Gasteiger partial charge in [-0.1, -0.05) is 13.5 Å². The van der Waals surface area contributed by atoms with E-state index in [0.717, 1.165) is 13.0 Å². The summed E-state index contributed by atoms with van der Waals surface area (Å²) in [5.74, 6) is 1.18.